The Morgan fingerprint density at radius 1 is 1.40 bits per heavy atom. The van der Waals surface area contributed by atoms with E-state index in [0.29, 0.717) is 0 Å². The molecule has 0 amide bonds. The predicted octanol–water partition coefficient (Wildman–Crippen LogP) is 1.62. The van der Waals surface area contributed by atoms with Crippen LogP contribution in [0.15, 0.2) is 24.3 Å². The maximum Gasteiger partial charge on any atom is 0.163 e. The Hall–Kier alpha value is -0.460. The summed E-state index contributed by atoms with van der Waals surface area (Å²) >= 11 is 2.83. The fourth-order valence-electron chi connectivity index (χ4n) is 1.09. The number of rotatable bonds is 3. The van der Waals surface area contributed by atoms with Gasteiger partial charge in [-0.2, -0.15) is 0 Å². The van der Waals surface area contributed by atoms with Crippen molar-refractivity contribution in [3.8, 4) is 0 Å². The minimum Gasteiger partial charge on any atom is -0.386 e. The van der Waals surface area contributed by atoms with Crippen molar-refractivity contribution in [1.82, 2.24) is 0 Å². The van der Waals surface area contributed by atoms with E-state index < -0.39 is 25.9 Å². The molecule has 1 aromatic rings. The van der Waals surface area contributed by atoms with Crippen molar-refractivity contribution in [1.29, 1.82) is 0 Å². The number of sulfone groups is 1. The molecule has 1 aromatic carbocycles. The van der Waals surface area contributed by atoms with Crippen LogP contribution < -0.4 is 0 Å². The van der Waals surface area contributed by atoms with E-state index in [-0.39, 0.29) is 5.56 Å². The molecule has 0 saturated carbocycles. The quantitative estimate of drug-likeness (QED) is 0.863. The number of halogens is 2. The zero-order chi connectivity index (χ0) is 11.6. The van der Waals surface area contributed by atoms with E-state index in [9.17, 15) is 17.9 Å². The molecule has 0 saturated heterocycles. The van der Waals surface area contributed by atoms with Crippen molar-refractivity contribution in [2.45, 2.75) is 10.3 Å². The summed E-state index contributed by atoms with van der Waals surface area (Å²) in [6, 6.07) is 5.51. The summed E-state index contributed by atoms with van der Waals surface area (Å²) in [5.74, 6) is -0.627. The fraction of sp³-hybridized carbons (Fsp3) is 0.333. The molecule has 0 heterocycles. The Kier molecular flexibility index (Phi) is 3.86. The van der Waals surface area contributed by atoms with Gasteiger partial charge in [-0.05, 0) is 6.07 Å². The number of hydrogen-bond acceptors (Lipinski definition) is 3. The van der Waals surface area contributed by atoms with Gasteiger partial charge in [-0.3, -0.25) is 0 Å². The normalized spacial score (nSPS) is 16.0. The first-order valence-electron chi connectivity index (χ1n) is 4.09. The largest absolute Gasteiger partial charge is 0.386 e. The molecule has 0 aromatic heterocycles. The van der Waals surface area contributed by atoms with Gasteiger partial charge < -0.3 is 5.11 Å². The molecule has 0 bridgehead atoms. The maximum absolute atomic E-state index is 13.2. The first kappa shape index (κ1) is 12.6. The van der Waals surface area contributed by atoms with Gasteiger partial charge in [-0.1, -0.05) is 34.1 Å². The Morgan fingerprint density at radius 3 is 2.40 bits per heavy atom. The highest BCUT2D eigenvalue weighted by atomic mass is 79.9. The van der Waals surface area contributed by atoms with Crippen LogP contribution in [-0.4, -0.2) is 23.9 Å². The maximum atomic E-state index is 13.2. The number of aliphatic hydroxyl groups excluding tert-OH is 1. The van der Waals surface area contributed by atoms with Crippen molar-refractivity contribution in [2.75, 3.05) is 6.26 Å². The summed E-state index contributed by atoms with van der Waals surface area (Å²) in [5.41, 5.74) is -0.0372. The second kappa shape index (κ2) is 4.59. The average molecular weight is 297 g/mol. The first-order chi connectivity index (χ1) is 6.84. The van der Waals surface area contributed by atoms with Crippen molar-refractivity contribution < 1.29 is 17.9 Å². The van der Waals surface area contributed by atoms with Gasteiger partial charge in [0, 0.05) is 11.8 Å². The molecule has 0 aliphatic carbocycles. The first-order valence-corrected chi connectivity index (χ1v) is 6.96. The summed E-state index contributed by atoms with van der Waals surface area (Å²) in [5, 5.41) is 9.64. The highest BCUT2D eigenvalue weighted by Gasteiger charge is 2.28. The lowest BCUT2D eigenvalue weighted by molar-refractivity contribution is 0.190. The lowest BCUT2D eigenvalue weighted by atomic mass is 10.1. The van der Waals surface area contributed by atoms with Crippen LogP contribution in [-0.2, 0) is 9.84 Å². The lowest BCUT2D eigenvalue weighted by Crippen LogP contribution is -2.22. The summed E-state index contributed by atoms with van der Waals surface area (Å²) < 4.78 is 34.3. The van der Waals surface area contributed by atoms with Crippen LogP contribution in [0.4, 0.5) is 4.39 Å². The van der Waals surface area contributed by atoms with E-state index in [1.165, 1.54) is 24.3 Å². The second-order valence-electron chi connectivity index (χ2n) is 3.15. The summed E-state index contributed by atoms with van der Waals surface area (Å²) in [6.45, 7) is 0. The zero-order valence-electron chi connectivity index (χ0n) is 7.89. The smallest absolute Gasteiger partial charge is 0.163 e. The van der Waals surface area contributed by atoms with Gasteiger partial charge in [0.1, 0.15) is 16.1 Å². The van der Waals surface area contributed by atoms with Gasteiger partial charge in [0.15, 0.2) is 9.84 Å². The van der Waals surface area contributed by atoms with Crippen molar-refractivity contribution >= 4 is 25.8 Å². The molecule has 6 heteroatoms. The highest BCUT2D eigenvalue weighted by molar-refractivity contribution is 9.11. The van der Waals surface area contributed by atoms with Gasteiger partial charge in [0.05, 0.1) is 0 Å². The molecule has 15 heavy (non-hydrogen) atoms. The topological polar surface area (TPSA) is 54.4 Å². The van der Waals surface area contributed by atoms with Crippen molar-refractivity contribution in [2.24, 2.45) is 0 Å². The van der Waals surface area contributed by atoms with E-state index in [0.717, 1.165) is 6.26 Å². The van der Waals surface area contributed by atoms with E-state index in [1.54, 1.807) is 0 Å². The Labute approximate surface area is 96.0 Å². The lowest BCUT2D eigenvalue weighted by Gasteiger charge is -2.16. The van der Waals surface area contributed by atoms with Gasteiger partial charge in [-0.15, -0.1) is 0 Å². The Bertz CT molecular complexity index is 446. The fourth-order valence-corrected chi connectivity index (χ4v) is 1.99. The molecule has 3 nitrogen and oxygen atoms in total. The van der Waals surface area contributed by atoms with Crippen molar-refractivity contribution in [3.63, 3.8) is 0 Å². The zero-order valence-corrected chi connectivity index (χ0v) is 10.3. The molecule has 0 fully saturated rings. The van der Waals surface area contributed by atoms with E-state index in [1.807, 2.05) is 0 Å². The molecular weight excluding hydrogens is 287 g/mol. The SMILES string of the molecule is CS(=O)(=O)[C@@H](Br)[C@@H](O)c1ccccc1F. The van der Waals surface area contributed by atoms with Crippen LogP contribution in [0.2, 0.25) is 0 Å². The van der Waals surface area contributed by atoms with E-state index in [4.69, 9.17) is 0 Å². The van der Waals surface area contributed by atoms with Crippen LogP contribution >= 0.6 is 15.9 Å². The third kappa shape index (κ3) is 2.99. The van der Waals surface area contributed by atoms with Gasteiger partial charge in [0.25, 0.3) is 0 Å². The van der Waals surface area contributed by atoms with Gasteiger partial charge >= 0.3 is 0 Å². The standard InChI is InChI=1S/C9H10BrFO3S/c1-15(13,14)9(10)8(12)6-4-2-3-5-7(6)11/h2-5,8-9,12H,1H3/t8-,9+/m0/s1. The number of hydrogen-bond donors (Lipinski definition) is 1. The molecule has 84 valence electrons. The predicted molar refractivity (Wildman–Crippen MR) is 58.9 cm³/mol. The third-order valence-electron chi connectivity index (χ3n) is 1.88. The molecule has 0 spiro atoms. The Morgan fingerprint density at radius 2 is 1.93 bits per heavy atom. The molecule has 0 unspecified atom stereocenters. The average Bonchev–Trinajstić information content (AvgIpc) is 2.15. The molecule has 0 aliphatic rings. The molecule has 1 N–H and O–H groups in total. The van der Waals surface area contributed by atoms with Crippen LogP contribution in [0, 0.1) is 5.82 Å². The monoisotopic (exact) mass is 296 g/mol. The number of alkyl halides is 1. The van der Waals surface area contributed by atoms with Crippen LogP contribution in [0.1, 0.15) is 11.7 Å². The van der Waals surface area contributed by atoms with Crippen LogP contribution in [0.25, 0.3) is 0 Å². The van der Waals surface area contributed by atoms with E-state index >= 15 is 0 Å². The van der Waals surface area contributed by atoms with Gasteiger partial charge in [0.2, 0.25) is 0 Å². The Balaban J connectivity index is 3.06. The van der Waals surface area contributed by atoms with Crippen LogP contribution in [0.3, 0.4) is 0 Å². The molecule has 0 radical (unpaired) electrons. The van der Waals surface area contributed by atoms with Crippen LogP contribution in [0.5, 0.6) is 0 Å². The van der Waals surface area contributed by atoms with Crippen molar-refractivity contribution in [3.05, 3.63) is 35.6 Å². The summed E-state index contributed by atoms with van der Waals surface area (Å²) in [7, 11) is -3.47. The van der Waals surface area contributed by atoms with Gasteiger partial charge in [-0.25, -0.2) is 12.8 Å². The minimum absolute atomic E-state index is 0.0372. The minimum atomic E-state index is -3.47. The summed E-state index contributed by atoms with van der Waals surface area (Å²) in [4.78, 5) is 0. The third-order valence-corrected chi connectivity index (χ3v) is 5.49. The molecule has 1 rings (SSSR count). The van der Waals surface area contributed by atoms with E-state index in [2.05, 4.69) is 15.9 Å². The highest BCUT2D eigenvalue weighted by Crippen LogP contribution is 2.27. The summed E-state index contributed by atoms with van der Waals surface area (Å²) in [6.07, 6.45) is -0.447. The molecule has 2 atom stereocenters. The number of benzene rings is 1. The molecule has 0 aliphatic heterocycles. The molecular formula is C9H10BrFO3S. The second-order valence-corrected chi connectivity index (χ2v) is 6.91. The number of aliphatic hydroxyl groups is 1.